The molecule has 0 saturated carbocycles. The van der Waals surface area contributed by atoms with Crippen molar-refractivity contribution in [3.05, 3.63) is 53.9 Å². The lowest BCUT2D eigenvalue weighted by Gasteiger charge is -2.19. The van der Waals surface area contributed by atoms with Gasteiger partial charge in [-0.25, -0.2) is 17.7 Å². The first-order chi connectivity index (χ1) is 14.4. The van der Waals surface area contributed by atoms with Gasteiger partial charge in [-0.05, 0) is 30.7 Å². The SMILES string of the molecule is CCCn1c(CN2CCOc3ccccc3C2)nc2cc(S(=O)(=O)N(C)C)ccc21. The zero-order valence-corrected chi connectivity index (χ0v) is 18.5. The normalized spacial score (nSPS) is 15.2. The van der Waals surface area contributed by atoms with Crippen molar-refractivity contribution in [3.8, 4) is 5.75 Å². The molecule has 1 aliphatic heterocycles. The molecule has 7 nitrogen and oxygen atoms in total. The Kier molecular flexibility index (Phi) is 5.81. The van der Waals surface area contributed by atoms with Crippen molar-refractivity contribution in [3.63, 3.8) is 0 Å². The number of imidazole rings is 1. The number of rotatable bonds is 6. The fraction of sp³-hybridized carbons (Fsp3) is 0.409. The number of aromatic nitrogens is 2. The highest BCUT2D eigenvalue weighted by Crippen LogP contribution is 2.26. The highest BCUT2D eigenvalue weighted by molar-refractivity contribution is 7.89. The molecular weight excluding hydrogens is 400 g/mol. The molecule has 0 unspecified atom stereocenters. The minimum atomic E-state index is -3.49. The van der Waals surface area contributed by atoms with E-state index in [1.165, 1.54) is 9.87 Å². The van der Waals surface area contributed by atoms with Gasteiger partial charge >= 0.3 is 0 Å². The maximum absolute atomic E-state index is 12.5. The summed E-state index contributed by atoms with van der Waals surface area (Å²) in [6, 6.07) is 13.4. The number of sulfonamides is 1. The van der Waals surface area contributed by atoms with E-state index in [-0.39, 0.29) is 4.90 Å². The lowest BCUT2D eigenvalue weighted by Crippen LogP contribution is -2.27. The number of ether oxygens (including phenoxy) is 1. The average molecular weight is 429 g/mol. The fourth-order valence-electron chi connectivity index (χ4n) is 3.84. The van der Waals surface area contributed by atoms with E-state index in [0.717, 1.165) is 43.1 Å². The Morgan fingerprint density at radius 1 is 1.17 bits per heavy atom. The molecule has 30 heavy (non-hydrogen) atoms. The lowest BCUT2D eigenvalue weighted by molar-refractivity contribution is 0.213. The molecule has 2 aromatic carbocycles. The molecule has 0 fully saturated rings. The van der Waals surface area contributed by atoms with Gasteiger partial charge in [0.25, 0.3) is 0 Å². The van der Waals surface area contributed by atoms with E-state index in [1.807, 2.05) is 24.3 Å². The molecule has 0 spiro atoms. The van der Waals surface area contributed by atoms with Gasteiger partial charge in [0.2, 0.25) is 10.0 Å². The molecule has 0 atom stereocenters. The van der Waals surface area contributed by atoms with Gasteiger partial charge in [-0.15, -0.1) is 0 Å². The Labute approximate surface area is 177 Å². The number of aryl methyl sites for hydroxylation is 1. The predicted octanol–water partition coefficient (Wildman–Crippen LogP) is 3.09. The molecule has 8 heteroatoms. The van der Waals surface area contributed by atoms with E-state index in [4.69, 9.17) is 9.72 Å². The van der Waals surface area contributed by atoms with Crippen molar-refractivity contribution >= 4 is 21.1 Å². The number of para-hydroxylation sites is 1. The summed E-state index contributed by atoms with van der Waals surface area (Å²) in [5.74, 6) is 1.89. The van der Waals surface area contributed by atoms with Gasteiger partial charge in [-0.2, -0.15) is 0 Å². The van der Waals surface area contributed by atoms with E-state index < -0.39 is 10.0 Å². The van der Waals surface area contributed by atoms with E-state index >= 15 is 0 Å². The van der Waals surface area contributed by atoms with Crippen LogP contribution < -0.4 is 4.74 Å². The van der Waals surface area contributed by atoms with Crippen LogP contribution in [0.15, 0.2) is 47.4 Å². The van der Waals surface area contributed by atoms with Gasteiger partial charge in [0.15, 0.2) is 0 Å². The summed E-state index contributed by atoms with van der Waals surface area (Å²) in [7, 11) is -0.409. The summed E-state index contributed by atoms with van der Waals surface area (Å²) >= 11 is 0. The van der Waals surface area contributed by atoms with E-state index in [2.05, 4.69) is 22.5 Å². The Morgan fingerprint density at radius 2 is 1.97 bits per heavy atom. The zero-order chi connectivity index (χ0) is 21.3. The van der Waals surface area contributed by atoms with Gasteiger partial charge in [-0.1, -0.05) is 25.1 Å². The first-order valence-corrected chi connectivity index (χ1v) is 11.7. The third kappa shape index (κ3) is 3.95. The highest BCUT2D eigenvalue weighted by Gasteiger charge is 2.21. The minimum Gasteiger partial charge on any atom is -0.492 e. The van der Waals surface area contributed by atoms with Crippen LogP contribution in [-0.2, 0) is 29.7 Å². The van der Waals surface area contributed by atoms with Gasteiger partial charge in [0.05, 0.1) is 22.5 Å². The van der Waals surface area contributed by atoms with Gasteiger partial charge in [0.1, 0.15) is 18.2 Å². The topological polar surface area (TPSA) is 67.7 Å². The standard InChI is InChI=1S/C22H28N4O3S/c1-4-11-26-20-10-9-18(30(27,28)24(2)3)14-19(20)23-22(26)16-25-12-13-29-21-8-6-5-7-17(21)15-25/h5-10,14H,4,11-13,15-16H2,1-3H3. The molecule has 160 valence electrons. The van der Waals surface area contributed by atoms with Crippen LogP contribution in [0.3, 0.4) is 0 Å². The number of benzene rings is 2. The van der Waals surface area contributed by atoms with Crippen molar-refractivity contribution < 1.29 is 13.2 Å². The maximum Gasteiger partial charge on any atom is 0.242 e. The first kappa shape index (κ1) is 20.8. The number of nitrogens with zero attached hydrogens (tertiary/aromatic N) is 4. The number of fused-ring (bicyclic) bond motifs is 2. The van der Waals surface area contributed by atoms with Crippen molar-refractivity contribution in [1.82, 2.24) is 18.8 Å². The molecule has 0 aliphatic carbocycles. The molecule has 0 radical (unpaired) electrons. The third-order valence-corrected chi connectivity index (χ3v) is 7.23. The Balaban J connectivity index is 1.68. The molecule has 2 heterocycles. The van der Waals surface area contributed by atoms with Gasteiger partial charge in [-0.3, -0.25) is 4.90 Å². The summed E-state index contributed by atoms with van der Waals surface area (Å²) in [6.07, 6.45) is 0.974. The van der Waals surface area contributed by atoms with Crippen LogP contribution in [0.1, 0.15) is 24.7 Å². The summed E-state index contributed by atoms with van der Waals surface area (Å²) < 4.78 is 34.4. The maximum atomic E-state index is 12.5. The molecule has 0 saturated heterocycles. The largest absolute Gasteiger partial charge is 0.492 e. The predicted molar refractivity (Wildman–Crippen MR) is 117 cm³/mol. The Morgan fingerprint density at radius 3 is 2.73 bits per heavy atom. The Bertz CT molecular complexity index is 1150. The van der Waals surface area contributed by atoms with Crippen LogP contribution in [0.5, 0.6) is 5.75 Å². The minimum absolute atomic E-state index is 0.268. The fourth-order valence-corrected chi connectivity index (χ4v) is 4.76. The molecule has 0 bridgehead atoms. The van der Waals surface area contributed by atoms with E-state index in [0.29, 0.717) is 18.7 Å². The molecule has 1 aromatic heterocycles. The third-order valence-electron chi connectivity index (χ3n) is 5.42. The number of hydrogen-bond donors (Lipinski definition) is 0. The van der Waals surface area contributed by atoms with E-state index in [1.54, 1.807) is 26.2 Å². The van der Waals surface area contributed by atoms with Crippen LogP contribution in [-0.4, -0.2) is 54.4 Å². The summed E-state index contributed by atoms with van der Waals surface area (Å²) in [5.41, 5.74) is 2.86. The van der Waals surface area contributed by atoms with Crippen LogP contribution in [0, 0.1) is 0 Å². The molecule has 4 rings (SSSR count). The molecule has 0 N–H and O–H groups in total. The quantitative estimate of drug-likeness (QED) is 0.604. The first-order valence-electron chi connectivity index (χ1n) is 10.2. The second kappa shape index (κ2) is 8.37. The molecule has 3 aromatic rings. The smallest absolute Gasteiger partial charge is 0.242 e. The zero-order valence-electron chi connectivity index (χ0n) is 17.7. The van der Waals surface area contributed by atoms with Crippen LogP contribution in [0.25, 0.3) is 11.0 Å². The molecule has 0 amide bonds. The molecular formula is C22H28N4O3S. The summed E-state index contributed by atoms with van der Waals surface area (Å²) in [5, 5.41) is 0. The van der Waals surface area contributed by atoms with Crippen LogP contribution in [0.2, 0.25) is 0 Å². The average Bonchev–Trinajstić information content (AvgIpc) is 2.91. The van der Waals surface area contributed by atoms with Crippen molar-refractivity contribution in [1.29, 1.82) is 0 Å². The monoisotopic (exact) mass is 428 g/mol. The molecule has 1 aliphatic rings. The van der Waals surface area contributed by atoms with Crippen LogP contribution in [0.4, 0.5) is 0 Å². The van der Waals surface area contributed by atoms with Crippen molar-refractivity contribution in [2.45, 2.75) is 37.9 Å². The van der Waals surface area contributed by atoms with Gasteiger partial charge in [0, 0.05) is 39.3 Å². The van der Waals surface area contributed by atoms with E-state index in [9.17, 15) is 8.42 Å². The number of hydrogen-bond acceptors (Lipinski definition) is 5. The van der Waals surface area contributed by atoms with Crippen molar-refractivity contribution in [2.75, 3.05) is 27.2 Å². The summed E-state index contributed by atoms with van der Waals surface area (Å²) in [6.45, 7) is 5.90. The Hall–Kier alpha value is -2.42. The van der Waals surface area contributed by atoms with Gasteiger partial charge < -0.3 is 9.30 Å². The second-order valence-corrected chi connectivity index (χ2v) is 9.94. The highest BCUT2D eigenvalue weighted by atomic mass is 32.2. The summed E-state index contributed by atoms with van der Waals surface area (Å²) in [4.78, 5) is 7.44. The second-order valence-electron chi connectivity index (χ2n) is 7.78. The van der Waals surface area contributed by atoms with Crippen LogP contribution >= 0.6 is 0 Å². The van der Waals surface area contributed by atoms with Crippen molar-refractivity contribution in [2.24, 2.45) is 0 Å². The lowest BCUT2D eigenvalue weighted by atomic mass is 10.2.